The summed E-state index contributed by atoms with van der Waals surface area (Å²) in [6.45, 7) is 3.63. The van der Waals surface area contributed by atoms with Gasteiger partial charge in [0.25, 0.3) is 0 Å². The molecule has 3 amide bonds. The largest absolute Gasteiger partial charge is 0.445 e. The highest BCUT2D eigenvalue weighted by Gasteiger charge is 2.31. The van der Waals surface area contributed by atoms with Crippen LogP contribution in [0.2, 0.25) is 0 Å². The van der Waals surface area contributed by atoms with Gasteiger partial charge in [0.15, 0.2) is 5.13 Å². The number of ether oxygens (including phenoxy) is 2. The third-order valence-electron chi connectivity index (χ3n) is 7.85. The normalized spacial score (nSPS) is 13.4. The zero-order chi connectivity index (χ0) is 35.9. The number of aliphatic hydroxyl groups is 1. The van der Waals surface area contributed by atoms with Crippen LogP contribution in [0.5, 0.6) is 0 Å². The van der Waals surface area contributed by atoms with Gasteiger partial charge in [0.2, 0.25) is 5.91 Å². The summed E-state index contributed by atoms with van der Waals surface area (Å²) in [5.41, 5.74) is 3.20. The zero-order valence-electron chi connectivity index (χ0n) is 28.8. The third kappa shape index (κ3) is 12.5. The number of carbonyl (C=O) groups is 3. The van der Waals surface area contributed by atoms with E-state index >= 15 is 0 Å². The molecule has 0 saturated carbocycles. The van der Waals surface area contributed by atoms with Crippen molar-refractivity contribution in [3.63, 3.8) is 0 Å². The molecule has 13 heteroatoms. The summed E-state index contributed by atoms with van der Waals surface area (Å²) in [7, 11) is 3.76. The van der Waals surface area contributed by atoms with Crippen molar-refractivity contribution in [3.05, 3.63) is 113 Å². The molecule has 2 aromatic carbocycles. The number of anilines is 1. The molecule has 0 bridgehead atoms. The van der Waals surface area contributed by atoms with Gasteiger partial charge in [-0.05, 0) is 42.4 Å². The number of benzene rings is 2. The molecule has 0 aliphatic carbocycles. The second-order valence-electron chi connectivity index (χ2n) is 12.5. The molecule has 0 spiro atoms. The lowest BCUT2D eigenvalue weighted by Gasteiger charge is -2.30. The fourth-order valence-electron chi connectivity index (χ4n) is 5.22. The van der Waals surface area contributed by atoms with E-state index in [0.717, 1.165) is 21.8 Å². The zero-order valence-corrected chi connectivity index (χ0v) is 29.6. The molecular weight excluding hydrogens is 657 g/mol. The van der Waals surface area contributed by atoms with Gasteiger partial charge in [-0.1, -0.05) is 80.6 Å². The van der Waals surface area contributed by atoms with E-state index in [1.807, 2.05) is 105 Å². The van der Waals surface area contributed by atoms with E-state index in [1.54, 1.807) is 18.5 Å². The predicted molar refractivity (Wildman–Crippen MR) is 193 cm³/mol. The SMILES string of the molecule is CC(C)C(NC(=O)OCc1csc(N(C)C)n1)C(=O)N[C@@H](Cc1ccccc1)[C@@H](O)C[C@H](Cc1ccccc1)NC(=O)OCc1cccnc1. The van der Waals surface area contributed by atoms with E-state index in [9.17, 15) is 19.5 Å². The molecule has 4 aromatic rings. The Balaban J connectivity index is 1.45. The first kappa shape index (κ1) is 37.8. The Morgan fingerprint density at radius 2 is 1.44 bits per heavy atom. The maximum Gasteiger partial charge on any atom is 0.408 e. The second-order valence-corrected chi connectivity index (χ2v) is 13.4. The molecule has 2 aromatic heterocycles. The smallest absolute Gasteiger partial charge is 0.408 e. The highest BCUT2D eigenvalue weighted by molar-refractivity contribution is 7.13. The van der Waals surface area contributed by atoms with Crippen molar-refractivity contribution in [1.29, 1.82) is 0 Å². The first-order valence-electron chi connectivity index (χ1n) is 16.5. The number of aliphatic hydroxyl groups excluding tert-OH is 1. The van der Waals surface area contributed by atoms with Crippen LogP contribution in [0.15, 0.2) is 90.6 Å². The highest BCUT2D eigenvalue weighted by atomic mass is 32.1. The lowest BCUT2D eigenvalue weighted by atomic mass is 9.93. The van der Waals surface area contributed by atoms with Crippen LogP contribution in [0.3, 0.4) is 0 Å². The summed E-state index contributed by atoms with van der Waals surface area (Å²) in [4.78, 5) is 49.8. The highest BCUT2D eigenvalue weighted by Crippen LogP contribution is 2.19. The summed E-state index contributed by atoms with van der Waals surface area (Å²) in [6.07, 6.45) is 1.63. The van der Waals surface area contributed by atoms with Gasteiger partial charge < -0.3 is 35.4 Å². The number of nitrogens with zero attached hydrogens (tertiary/aromatic N) is 3. The number of hydrogen-bond donors (Lipinski definition) is 4. The molecule has 4 rings (SSSR count). The number of amides is 3. The molecule has 0 radical (unpaired) electrons. The van der Waals surface area contributed by atoms with E-state index in [-0.39, 0.29) is 25.6 Å². The van der Waals surface area contributed by atoms with Gasteiger partial charge >= 0.3 is 12.2 Å². The molecular formula is C37H46N6O6S. The van der Waals surface area contributed by atoms with Crippen molar-refractivity contribution in [3.8, 4) is 0 Å². The van der Waals surface area contributed by atoms with Gasteiger partial charge in [0, 0.05) is 43.5 Å². The van der Waals surface area contributed by atoms with Crippen LogP contribution in [-0.2, 0) is 40.3 Å². The number of pyridine rings is 1. The van der Waals surface area contributed by atoms with E-state index in [0.29, 0.717) is 18.5 Å². The maximum atomic E-state index is 13.7. The molecule has 50 heavy (non-hydrogen) atoms. The first-order chi connectivity index (χ1) is 24.1. The van der Waals surface area contributed by atoms with Gasteiger partial charge in [-0.25, -0.2) is 14.6 Å². The molecule has 2 heterocycles. The summed E-state index contributed by atoms with van der Waals surface area (Å²) in [5, 5.41) is 22.9. The van der Waals surface area contributed by atoms with Gasteiger partial charge in [-0.2, -0.15) is 0 Å². The quantitative estimate of drug-likeness (QED) is 0.121. The van der Waals surface area contributed by atoms with Crippen LogP contribution in [-0.4, -0.2) is 71.5 Å². The Morgan fingerprint density at radius 3 is 2.04 bits per heavy atom. The Labute approximate surface area is 297 Å². The van der Waals surface area contributed by atoms with Crippen molar-refractivity contribution in [2.45, 2.75) is 70.6 Å². The molecule has 4 N–H and O–H groups in total. The van der Waals surface area contributed by atoms with Gasteiger partial charge in [-0.15, -0.1) is 11.3 Å². The summed E-state index contributed by atoms with van der Waals surface area (Å²) in [5.74, 6) is -0.761. The van der Waals surface area contributed by atoms with E-state index in [1.165, 1.54) is 11.3 Å². The average Bonchev–Trinajstić information content (AvgIpc) is 3.59. The minimum absolute atomic E-state index is 0.0416. The number of aromatic nitrogens is 2. The fourth-order valence-corrected chi connectivity index (χ4v) is 5.97. The van der Waals surface area contributed by atoms with E-state index in [2.05, 4.69) is 25.9 Å². The van der Waals surface area contributed by atoms with E-state index < -0.39 is 42.3 Å². The summed E-state index contributed by atoms with van der Waals surface area (Å²) in [6, 6.07) is 20.4. The van der Waals surface area contributed by atoms with Crippen LogP contribution in [0, 0.1) is 5.92 Å². The Morgan fingerprint density at radius 1 is 0.820 bits per heavy atom. The standard InChI is InChI=1S/C37H46N6O6S/c1-25(2)33(42-37(47)49-23-30-24-50-35(39-30)43(3)4)34(45)41-31(19-27-14-9-6-10-15-27)32(44)20-29(18-26-12-7-5-8-13-26)40-36(46)48-22-28-16-11-17-38-21-28/h5-17,21,24-25,29,31-33,44H,18-20,22-23H2,1-4H3,(H,40,46)(H,41,45)(H,42,47)/t29-,31-,32-,33?/m0/s1. The topological polar surface area (TPSA) is 155 Å². The van der Waals surface area contributed by atoms with Gasteiger partial charge in [-0.3, -0.25) is 9.78 Å². The molecule has 266 valence electrons. The predicted octanol–water partition coefficient (Wildman–Crippen LogP) is 4.87. The number of hydrogen-bond acceptors (Lipinski definition) is 10. The maximum absolute atomic E-state index is 13.7. The van der Waals surface area contributed by atoms with Crippen molar-refractivity contribution in [2.75, 3.05) is 19.0 Å². The van der Waals surface area contributed by atoms with Crippen LogP contribution in [0.1, 0.15) is 42.7 Å². The number of carbonyl (C=O) groups excluding carboxylic acids is 3. The average molecular weight is 703 g/mol. The van der Waals surface area contributed by atoms with Crippen LogP contribution >= 0.6 is 11.3 Å². The van der Waals surface area contributed by atoms with Crippen LogP contribution < -0.4 is 20.9 Å². The lowest BCUT2D eigenvalue weighted by molar-refractivity contribution is -0.125. The first-order valence-corrected chi connectivity index (χ1v) is 17.4. The molecule has 0 fully saturated rings. The number of alkyl carbamates (subject to hydrolysis) is 2. The molecule has 4 atom stereocenters. The van der Waals surface area contributed by atoms with Crippen LogP contribution in [0.4, 0.5) is 14.7 Å². The number of rotatable bonds is 17. The summed E-state index contributed by atoms with van der Waals surface area (Å²) >= 11 is 1.43. The fraction of sp³-hybridized carbons (Fsp3) is 0.378. The Bertz CT molecular complexity index is 1620. The molecule has 0 saturated heterocycles. The molecule has 12 nitrogen and oxygen atoms in total. The monoisotopic (exact) mass is 702 g/mol. The van der Waals surface area contributed by atoms with Crippen molar-refractivity contribution in [2.24, 2.45) is 5.92 Å². The second kappa shape index (κ2) is 19.2. The van der Waals surface area contributed by atoms with E-state index in [4.69, 9.17) is 9.47 Å². The van der Waals surface area contributed by atoms with Crippen molar-refractivity contribution >= 4 is 34.6 Å². The number of nitrogens with one attached hydrogen (secondary N) is 3. The summed E-state index contributed by atoms with van der Waals surface area (Å²) < 4.78 is 10.8. The molecule has 0 aliphatic heterocycles. The minimum Gasteiger partial charge on any atom is -0.445 e. The van der Waals surface area contributed by atoms with Gasteiger partial charge in [0.1, 0.15) is 19.3 Å². The number of thiazole rings is 1. The minimum atomic E-state index is -1.08. The molecule has 1 unspecified atom stereocenters. The van der Waals surface area contributed by atoms with Crippen LogP contribution in [0.25, 0.3) is 0 Å². The Kier molecular flexibility index (Phi) is 14.6. The third-order valence-corrected chi connectivity index (χ3v) is 8.91. The Hall–Kier alpha value is -5.01. The van der Waals surface area contributed by atoms with Gasteiger partial charge in [0.05, 0.1) is 17.8 Å². The lowest BCUT2D eigenvalue weighted by Crippen LogP contribution is -2.56. The molecule has 0 aliphatic rings. The van der Waals surface area contributed by atoms with Crippen molar-refractivity contribution < 1.29 is 29.0 Å². The van der Waals surface area contributed by atoms with Crippen molar-refractivity contribution in [1.82, 2.24) is 25.9 Å².